The van der Waals surface area contributed by atoms with Crippen LogP contribution in [-0.2, 0) is 14.4 Å². The van der Waals surface area contributed by atoms with Gasteiger partial charge >= 0.3 is 11.7 Å². The number of carbonyl (C=O) groups excluding carboxylic acids is 2. The zero-order valence-electron chi connectivity index (χ0n) is 14.9. The third kappa shape index (κ3) is 3.49. The number of rotatable bonds is 3. The first kappa shape index (κ1) is 19.9. The maximum atomic E-state index is 12.3. The van der Waals surface area contributed by atoms with Crippen LogP contribution in [0.15, 0.2) is 27.4 Å². The molecule has 2 aliphatic rings. The van der Waals surface area contributed by atoms with Crippen molar-refractivity contribution in [2.75, 3.05) is 18.0 Å². The summed E-state index contributed by atoms with van der Waals surface area (Å²) < 4.78 is 6.63. The molecule has 0 spiro atoms. The van der Waals surface area contributed by atoms with Crippen molar-refractivity contribution in [3.05, 3.63) is 28.7 Å². The molecule has 1 unspecified atom stereocenters. The second-order valence-corrected chi connectivity index (χ2v) is 6.96. The molecule has 9 nitrogen and oxygen atoms in total. The molecule has 2 aromatic rings. The second-order valence-electron chi connectivity index (χ2n) is 6.96. The summed E-state index contributed by atoms with van der Waals surface area (Å²) >= 11 is 0. The molecule has 1 aromatic carbocycles. The van der Waals surface area contributed by atoms with E-state index in [1.165, 1.54) is 4.57 Å². The van der Waals surface area contributed by atoms with Crippen LogP contribution in [0.25, 0.3) is 11.1 Å². The lowest BCUT2D eigenvalue weighted by atomic mass is 9.97. The molecule has 1 atom stereocenters. The van der Waals surface area contributed by atoms with Crippen molar-refractivity contribution in [2.45, 2.75) is 31.7 Å². The van der Waals surface area contributed by atoms with Gasteiger partial charge in [-0.25, -0.2) is 4.79 Å². The van der Waals surface area contributed by atoms with E-state index in [2.05, 4.69) is 10.2 Å². The van der Waals surface area contributed by atoms with Crippen LogP contribution in [0.4, 0.5) is 5.69 Å². The number of amides is 2. The lowest BCUT2D eigenvalue weighted by Crippen LogP contribution is -2.43. The number of nitrogens with one attached hydrogen (secondary N) is 1. The molecule has 150 valence electrons. The molecular weight excluding hydrogens is 390 g/mol. The number of imide groups is 1. The van der Waals surface area contributed by atoms with Gasteiger partial charge in [0.1, 0.15) is 6.04 Å². The largest absolute Gasteiger partial charge is 0.481 e. The normalized spacial score (nSPS) is 20.7. The predicted molar refractivity (Wildman–Crippen MR) is 102 cm³/mol. The fourth-order valence-corrected chi connectivity index (χ4v) is 3.83. The highest BCUT2D eigenvalue weighted by Crippen LogP contribution is 2.29. The molecule has 0 bridgehead atoms. The van der Waals surface area contributed by atoms with Crippen LogP contribution >= 0.6 is 12.4 Å². The zero-order chi connectivity index (χ0) is 19.1. The Labute approximate surface area is 165 Å². The van der Waals surface area contributed by atoms with Gasteiger partial charge in [-0.15, -0.1) is 12.4 Å². The Morgan fingerprint density at radius 3 is 2.50 bits per heavy atom. The number of anilines is 1. The number of carboxylic acid groups (broad SMARTS) is 1. The van der Waals surface area contributed by atoms with E-state index in [1.807, 2.05) is 6.07 Å². The van der Waals surface area contributed by atoms with Gasteiger partial charge in [0.15, 0.2) is 5.58 Å². The minimum absolute atomic E-state index is 0. The van der Waals surface area contributed by atoms with Gasteiger partial charge in [0.2, 0.25) is 11.8 Å². The number of halogens is 1. The molecule has 0 saturated carbocycles. The molecule has 0 aliphatic carbocycles. The van der Waals surface area contributed by atoms with E-state index in [4.69, 9.17) is 9.52 Å². The standard InChI is InChI=1S/C18H19N3O6.ClH/c22-15-4-3-13(16(23)19-15)21-12-2-1-11(9-14(12)27-18(21)26)20-7-5-10(6-8-20)17(24)25;/h1-2,9-10,13H,3-8H2,(H,24,25)(H,19,22,23);1H. The monoisotopic (exact) mass is 409 g/mol. The third-order valence-corrected chi connectivity index (χ3v) is 5.33. The van der Waals surface area contributed by atoms with Crippen molar-refractivity contribution in [1.82, 2.24) is 9.88 Å². The van der Waals surface area contributed by atoms with Crippen LogP contribution in [-0.4, -0.2) is 40.5 Å². The van der Waals surface area contributed by atoms with Gasteiger partial charge in [-0.05, 0) is 31.4 Å². The van der Waals surface area contributed by atoms with Crippen LogP contribution in [0.5, 0.6) is 0 Å². The molecule has 10 heteroatoms. The Hall–Kier alpha value is -2.81. The summed E-state index contributed by atoms with van der Waals surface area (Å²) in [4.78, 5) is 48.9. The van der Waals surface area contributed by atoms with Crippen LogP contribution in [0.3, 0.4) is 0 Å². The Bertz CT molecular complexity index is 989. The van der Waals surface area contributed by atoms with Gasteiger partial charge in [0.05, 0.1) is 11.4 Å². The number of piperidine rings is 2. The van der Waals surface area contributed by atoms with Gasteiger partial charge in [0, 0.05) is 31.3 Å². The number of aromatic nitrogens is 1. The topological polar surface area (TPSA) is 122 Å². The van der Waals surface area contributed by atoms with E-state index >= 15 is 0 Å². The number of nitrogens with zero attached hydrogens (tertiary/aromatic N) is 2. The lowest BCUT2D eigenvalue weighted by Gasteiger charge is -2.31. The number of benzene rings is 1. The number of hydrogen-bond acceptors (Lipinski definition) is 6. The third-order valence-electron chi connectivity index (χ3n) is 5.33. The number of aliphatic carboxylic acids is 1. The number of carbonyl (C=O) groups is 3. The van der Waals surface area contributed by atoms with E-state index in [9.17, 15) is 19.2 Å². The summed E-state index contributed by atoms with van der Waals surface area (Å²) in [6, 6.07) is 4.53. The highest BCUT2D eigenvalue weighted by atomic mass is 35.5. The number of oxazole rings is 1. The number of carboxylic acids is 1. The van der Waals surface area contributed by atoms with Gasteiger partial charge < -0.3 is 14.4 Å². The van der Waals surface area contributed by atoms with E-state index in [1.54, 1.807) is 12.1 Å². The Kier molecular flexibility index (Phi) is 5.46. The van der Waals surface area contributed by atoms with Gasteiger partial charge in [-0.1, -0.05) is 0 Å². The average molecular weight is 410 g/mol. The lowest BCUT2D eigenvalue weighted by molar-refractivity contribution is -0.142. The maximum absolute atomic E-state index is 12.3. The summed E-state index contributed by atoms with van der Waals surface area (Å²) in [5.41, 5.74) is 1.71. The molecule has 2 aliphatic heterocycles. The quantitative estimate of drug-likeness (QED) is 0.732. The van der Waals surface area contributed by atoms with E-state index in [0.717, 1.165) is 5.69 Å². The first-order valence-electron chi connectivity index (χ1n) is 8.90. The minimum Gasteiger partial charge on any atom is -0.481 e. The molecule has 0 radical (unpaired) electrons. The van der Waals surface area contributed by atoms with E-state index < -0.39 is 23.7 Å². The Morgan fingerprint density at radius 2 is 1.86 bits per heavy atom. The minimum atomic E-state index is -0.770. The second kappa shape index (κ2) is 7.67. The summed E-state index contributed by atoms with van der Waals surface area (Å²) in [5, 5.41) is 11.4. The van der Waals surface area contributed by atoms with Crippen molar-refractivity contribution in [1.29, 1.82) is 0 Å². The van der Waals surface area contributed by atoms with Crippen molar-refractivity contribution < 1.29 is 23.9 Å². The first-order valence-corrected chi connectivity index (χ1v) is 8.90. The Balaban J connectivity index is 0.00000225. The first-order chi connectivity index (χ1) is 12.9. The van der Waals surface area contributed by atoms with E-state index in [0.29, 0.717) is 37.0 Å². The van der Waals surface area contributed by atoms with E-state index in [-0.39, 0.29) is 37.1 Å². The molecule has 2 saturated heterocycles. The molecule has 4 rings (SSSR count). The van der Waals surface area contributed by atoms with Crippen molar-refractivity contribution in [3.63, 3.8) is 0 Å². The Morgan fingerprint density at radius 1 is 1.14 bits per heavy atom. The molecule has 2 fully saturated rings. The number of hydrogen-bond donors (Lipinski definition) is 2. The smallest absolute Gasteiger partial charge is 0.420 e. The molecule has 2 N–H and O–H groups in total. The van der Waals surface area contributed by atoms with Crippen LogP contribution in [0.1, 0.15) is 31.7 Å². The van der Waals surface area contributed by atoms with Gasteiger partial charge in [0.25, 0.3) is 0 Å². The predicted octanol–water partition coefficient (Wildman–Crippen LogP) is 1.29. The summed E-state index contributed by atoms with van der Waals surface area (Å²) in [5.74, 6) is -2.57. The summed E-state index contributed by atoms with van der Waals surface area (Å²) in [7, 11) is 0. The van der Waals surface area contributed by atoms with Crippen LogP contribution in [0.2, 0.25) is 0 Å². The summed E-state index contributed by atoms with van der Waals surface area (Å²) in [6.45, 7) is 1.22. The molecule has 1 aromatic heterocycles. The molecular formula is C18H20ClN3O6. The fourth-order valence-electron chi connectivity index (χ4n) is 3.83. The van der Waals surface area contributed by atoms with Crippen molar-refractivity contribution in [3.8, 4) is 0 Å². The average Bonchev–Trinajstić information content (AvgIpc) is 2.97. The number of fused-ring (bicyclic) bond motifs is 1. The highest BCUT2D eigenvalue weighted by molar-refractivity contribution is 6.00. The SMILES string of the molecule is Cl.O=C1CCC(n2c(=O)oc3cc(N4CCC(C(=O)O)CC4)ccc32)C(=O)N1. The van der Waals surface area contributed by atoms with Crippen molar-refractivity contribution in [2.24, 2.45) is 5.92 Å². The van der Waals surface area contributed by atoms with Gasteiger partial charge in [-0.2, -0.15) is 0 Å². The molecule has 28 heavy (non-hydrogen) atoms. The highest BCUT2D eigenvalue weighted by Gasteiger charge is 2.31. The van der Waals surface area contributed by atoms with Crippen LogP contribution in [0, 0.1) is 5.92 Å². The molecule has 2 amide bonds. The van der Waals surface area contributed by atoms with Gasteiger partial charge in [-0.3, -0.25) is 24.3 Å². The fraction of sp³-hybridized carbons (Fsp3) is 0.444. The summed E-state index contributed by atoms with van der Waals surface area (Å²) in [6.07, 6.45) is 1.55. The van der Waals surface area contributed by atoms with Crippen molar-refractivity contribution >= 4 is 47.0 Å². The van der Waals surface area contributed by atoms with Crippen LogP contribution < -0.4 is 16.0 Å². The maximum Gasteiger partial charge on any atom is 0.420 e. The molecule has 3 heterocycles. The zero-order valence-corrected chi connectivity index (χ0v) is 15.7.